The second kappa shape index (κ2) is 5.27. The van der Waals surface area contributed by atoms with Gasteiger partial charge < -0.3 is 14.4 Å². The number of ether oxygens (including phenoxy) is 2. The Balaban J connectivity index is 2.07. The number of rotatable bonds is 3. The van der Waals surface area contributed by atoms with Crippen LogP contribution < -0.4 is 4.90 Å². The zero-order valence-corrected chi connectivity index (χ0v) is 9.85. The van der Waals surface area contributed by atoms with E-state index in [1.165, 1.54) is 11.3 Å². The van der Waals surface area contributed by atoms with Crippen molar-refractivity contribution in [2.75, 3.05) is 38.3 Å². The Morgan fingerprint density at radius 2 is 2.50 bits per heavy atom. The molecule has 2 heterocycles. The predicted octanol–water partition coefficient (Wildman–Crippen LogP) is 1.24. The lowest BCUT2D eigenvalue weighted by Gasteiger charge is -2.34. The van der Waals surface area contributed by atoms with E-state index in [-0.39, 0.29) is 6.10 Å². The first-order chi connectivity index (χ1) is 7.81. The summed E-state index contributed by atoms with van der Waals surface area (Å²) in [4.78, 5) is 6.45. The molecule has 0 bridgehead atoms. The number of anilines is 1. The van der Waals surface area contributed by atoms with Crippen LogP contribution in [-0.2, 0) is 9.47 Å². The standard InChI is InChI=1S/C12H18N2O2/c1-10-7-13-4-3-12(10)14-5-6-16-11(8-14)9-15-2/h3-4,7,11H,5-6,8-9H2,1-2H3. The van der Waals surface area contributed by atoms with Crippen molar-refractivity contribution in [3.8, 4) is 0 Å². The predicted molar refractivity (Wildman–Crippen MR) is 62.8 cm³/mol. The summed E-state index contributed by atoms with van der Waals surface area (Å²) in [6, 6.07) is 2.06. The normalized spacial score (nSPS) is 21.1. The quantitative estimate of drug-likeness (QED) is 0.770. The molecule has 0 radical (unpaired) electrons. The highest BCUT2D eigenvalue weighted by Gasteiger charge is 2.21. The van der Waals surface area contributed by atoms with E-state index >= 15 is 0 Å². The molecule has 88 valence electrons. The molecule has 2 rings (SSSR count). The maximum Gasteiger partial charge on any atom is 0.0983 e. The molecule has 4 heteroatoms. The molecule has 0 saturated carbocycles. The van der Waals surface area contributed by atoms with Gasteiger partial charge in [0.1, 0.15) is 0 Å². The molecule has 1 saturated heterocycles. The van der Waals surface area contributed by atoms with Gasteiger partial charge in [0.2, 0.25) is 0 Å². The fraction of sp³-hybridized carbons (Fsp3) is 0.583. The molecule has 4 nitrogen and oxygen atoms in total. The summed E-state index contributed by atoms with van der Waals surface area (Å²) >= 11 is 0. The van der Waals surface area contributed by atoms with Crippen LogP contribution in [0.2, 0.25) is 0 Å². The van der Waals surface area contributed by atoms with Crippen LogP contribution in [0.25, 0.3) is 0 Å². The molecule has 1 unspecified atom stereocenters. The monoisotopic (exact) mass is 222 g/mol. The molecule has 1 aliphatic heterocycles. The van der Waals surface area contributed by atoms with Gasteiger partial charge in [-0.3, -0.25) is 4.98 Å². The SMILES string of the molecule is COCC1CN(c2ccncc2C)CCO1. The Labute approximate surface area is 96.2 Å². The van der Waals surface area contributed by atoms with Gasteiger partial charge in [-0.05, 0) is 18.6 Å². The number of hydrogen-bond acceptors (Lipinski definition) is 4. The summed E-state index contributed by atoms with van der Waals surface area (Å²) in [6.07, 6.45) is 3.91. The van der Waals surface area contributed by atoms with Gasteiger partial charge in [-0.25, -0.2) is 0 Å². The van der Waals surface area contributed by atoms with Crippen LogP contribution in [0.5, 0.6) is 0 Å². The Bertz CT molecular complexity index is 342. The Morgan fingerprint density at radius 3 is 3.25 bits per heavy atom. The van der Waals surface area contributed by atoms with Crippen LogP contribution in [0.15, 0.2) is 18.5 Å². The Hall–Kier alpha value is -1.13. The zero-order valence-electron chi connectivity index (χ0n) is 9.85. The van der Waals surface area contributed by atoms with E-state index in [4.69, 9.17) is 9.47 Å². The molecule has 1 aromatic heterocycles. The number of pyridine rings is 1. The molecule has 1 aromatic rings. The van der Waals surface area contributed by atoms with Gasteiger partial charge in [-0.2, -0.15) is 0 Å². The average Bonchev–Trinajstić information content (AvgIpc) is 2.30. The van der Waals surface area contributed by atoms with E-state index in [1.54, 1.807) is 7.11 Å². The van der Waals surface area contributed by atoms with Crippen LogP contribution in [-0.4, -0.2) is 44.5 Å². The molecule has 0 aromatic carbocycles. The maximum absolute atomic E-state index is 5.63. The lowest BCUT2D eigenvalue weighted by Crippen LogP contribution is -2.44. The Kier molecular flexibility index (Phi) is 3.74. The van der Waals surface area contributed by atoms with E-state index in [0.717, 1.165) is 19.7 Å². The van der Waals surface area contributed by atoms with Crippen LogP contribution in [0, 0.1) is 6.92 Å². The second-order valence-corrected chi connectivity index (χ2v) is 4.06. The summed E-state index contributed by atoms with van der Waals surface area (Å²) in [6.45, 7) is 5.32. The third-order valence-electron chi connectivity index (χ3n) is 2.82. The Morgan fingerprint density at radius 1 is 1.62 bits per heavy atom. The molecule has 0 aliphatic carbocycles. The van der Waals surface area contributed by atoms with Crippen LogP contribution >= 0.6 is 0 Å². The topological polar surface area (TPSA) is 34.6 Å². The number of nitrogens with zero attached hydrogens (tertiary/aromatic N) is 2. The van der Waals surface area contributed by atoms with E-state index < -0.39 is 0 Å². The highest BCUT2D eigenvalue weighted by Crippen LogP contribution is 2.20. The first-order valence-corrected chi connectivity index (χ1v) is 5.57. The first kappa shape index (κ1) is 11.4. The molecular formula is C12H18N2O2. The van der Waals surface area contributed by atoms with Gasteiger partial charge in [-0.15, -0.1) is 0 Å². The molecule has 16 heavy (non-hydrogen) atoms. The molecule has 1 fully saturated rings. The van der Waals surface area contributed by atoms with Crippen molar-refractivity contribution in [1.82, 2.24) is 4.98 Å². The number of aryl methyl sites for hydroxylation is 1. The van der Waals surface area contributed by atoms with Crippen molar-refractivity contribution in [2.45, 2.75) is 13.0 Å². The van der Waals surface area contributed by atoms with Crippen molar-refractivity contribution in [3.63, 3.8) is 0 Å². The van der Waals surface area contributed by atoms with Crippen LogP contribution in [0.3, 0.4) is 0 Å². The van der Waals surface area contributed by atoms with Gasteiger partial charge in [0.15, 0.2) is 0 Å². The molecule has 0 amide bonds. The number of methoxy groups -OCH3 is 1. The average molecular weight is 222 g/mol. The molecule has 1 aliphatic rings. The highest BCUT2D eigenvalue weighted by molar-refractivity contribution is 5.51. The minimum atomic E-state index is 0.173. The first-order valence-electron chi connectivity index (χ1n) is 5.57. The van der Waals surface area contributed by atoms with Gasteiger partial charge in [-0.1, -0.05) is 0 Å². The van der Waals surface area contributed by atoms with Crippen molar-refractivity contribution in [1.29, 1.82) is 0 Å². The number of morpholine rings is 1. The van der Waals surface area contributed by atoms with Crippen molar-refractivity contribution >= 4 is 5.69 Å². The fourth-order valence-corrected chi connectivity index (χ4v) is 2.05. The summed E-state index contributed by atoms with van der Waals surface area (Å²) in [7, 11) is 1.71. The van der Waals surface area contributed by atoms with E-state index in [2.05, 4.69) is 22.9 Å². The maximum atomic E-state index is 5.63. The minimum Gasteiger partial charge on any atom is -0.382 e. The molecule has 0 N–H and O–H groups in total. The van der Waals surface area contributed by atoms with Gasteiger partial charge in [0.05, 0.1) is 19.3 Å². The van der Waals surface area contributed by atoms with Crippen molar-refractivity contribution < 1.29 is 9.47 Å². The van der Waals surface area contributed by atoms with Crippen LogP contribution in [0.1, 0.15) is 5.56 Å². The lowest BCUT2D eigenvalue weighted by molar-refractivity contribution is -0.0100. The van der Waals surface area contributed by atoms with E-state index in [1.807, 2.05) is 12.4 Å². The number of hydrogen-bond donors (Lipinski definition) is 0. The molecule has 1 atom stereocenters. The van der Waals surface area contributed by atoms with Gasteiger partial charge in [0.25, 0.3) is 0 Å². The summed E-state index contributed by atoms with van der Waals surface area (Å²) < 4.78 is 10.8. The number of aromatic nitrogens is 1. The van der Waals surface area contributed by atoms with Crippen LogP contribution in [0.4, 0.5) is 5.69 Å². The van der Waals surface area contributed by atoms with E-state index in [9.17, 15) is 0 Å². The highest BCUT2D eigenvalue weighted by atomic mass is 16.5. The van der Waals surface area contributed by atoms with Gasteiger partial charge in [0, 0.05) is 38.3 Å². The third-order valence-corrected chi connectivity index (χ3v) is 2.82. The van der Waals surface area contributed by atoms with Gasteiger partial charge >= 0.3 is 0 Å². The summed E-state index contributed by atoms with van der Waals surface area (Å²) in [5, 5.41) is 0. The summed E-state index contributed by atoms with van der Waals surface area (Å²) in [5.74, 6) is 0. The van der Waals surface area contributed by atoms with Crippen molar-refractivity contribution in [2.24, 2.45) is 0 Å². The molecular weight excluding hydrogens is 204 g/mol. The zero-order chi connectivity index (χ0) is 11.4. The fourth-order valence-electron chi connectivity index (χ4n) is 2.05. The van der Waals surface area contributed by atoms with Crippen molar-refractivity contribution in [3.05, 3.63) is 24.0 Å². The molecule has 0 spiro atoms. The smallest absolute Gasteiger partial charge is 0.0983 e. The minimum absolute atomic E-state index is 0.173. The lowest BCUT2D eigenvalue weighted by atomic mass is 10.2. The third kappa shape index (κ3) is 2.51. The van der Waals surface area contributed by atoms with E-state index in [0.29, 0.717) is 6.61 Å². The second-order valence-electron chi connectivity index (χ2n) is 4.06. The summed E-state index contributed by atoms with van der Waals surface area (Å²) in [5.41, 5.74) is 2.46. The largest absolute Gasteiger partial charge is 0.382 e.